The van der Waals surface area contributed by atoms with E-state index in [-0.39, 0.29) is 5.52 Å². The molecule has 0 radical (unpaired) electrons. The Morgan fingerprint density at radius 2 is 2.29 bits per heavy atom. The number of hydrogen-bond acceptors (Lipinski definition) is 3. The summed E-state index contributed by atoms with van der Waals surface area (Å²) in [6.07, 6.45) is 1.60. The summed E-state index contributed by atoms with van der Waals surface area (Å²) in [4.78, 5) is 9.80. The number of hydrogen-bond donors (Lipinski definition) is 0. The lowest BCUT2D eigenvalue weighted by Gasteiger charge is -1.93. The number of nitro benzene ring substituents is 1. The van der Waals surface area contributed by atoms with Crippen LogP contribution in [-0.2, 0) is 7.05 Å². The SMILES string of the molecule is Cn1cc2ccc(F)c([N+](=O)[O-])c2n1. The van der Waals surface area contributed by atoms with Crippen molar-refractivity contribution in [3.63, 3.8) is 0 Å². The van der Waals surface area contributed by atoms with Gasteiger partial charge in [0.15, 0.2) is 5.52 Å². The van der Waals surface area contributed by atoms with Crippen molar-refractivity contribution in [2.24, 2.45) is 7.05 Å². The van der Waals surface area contributed by atoms with Gasteiger partial charge in [0, 0.05) is 18.6 Å². The van der Waals surface area contributed by atoms with Gasteiger partial charge in [-0.15, -0.1) is 0 Å². The second-order valence-electron chi connectivity index (χ2n) is 2.89. The molecule has 0 spiro atoms. The predicted molar refractivity (Wildman–Crippen MR) is 47.3 cm³/mol. The number of nitrogens with zero attached hydrogens (tertiary/aromatic N) is 3. The minimum atomic E-state index is -0.860. The summed E-state index contributed by atoms with van der Waals surface area (Å²) in [6, 6.07) is 2.53. The molecule has 0 amide bonds. The molecule has 0 aliphatic heterocycles. The molecule has 0 aliphatic carbocycles. The van der Waals surface area contributed by atoms with Crippen LogP contribution in [0, 0.1) is 15.9 Å². The van der Waals surface area contributed by atoms with Gasteiger partial charge in [-0.1, -0.05) is 0 Å². The summed E-state index contributed by atoms with van der Waals surface area (Å²) >= 11 is 0. The van der Waals surface area contributed by atoms with E-state index in [1.807, 2.05) is 0 Å². The van der Waals surface area contributed by atoms with E-state index in [1.54, 1.807) is 13.2 Å². The van der Waals surface area contributed by atoms with Gasteiger partial charge in [0.2, 0.25) is 5.82 Å². The van der Waals surface area contributed by atoms with E-state index in [0.29, 0.717) is 5.39 Å². The molecule has 0 unspecified atom stereocenters. The van der Waals surface area contributed by atoms with Crippen LogP contribution in [0.4, 0.5) is 10.1 Å². The summed E-state index contributed by atoms with van der Waals surface area (Å²) in [5, 5.41) is 14.9. The van der Waals surface area contributed by atoms with E-state index in [1.165, 1.54) is 10.7 Å². The molecule has 2 rings (SSSR count). The number of nitro groups is 1. The Labute approximate surface area is 77.9 Å². The molecule has 5 nitrogen and oxygen atoms in total. The number of rotatable bonds is 1. The predicted octanol–water partition coefficient (Wildman–Crippen LogP) is 1.62. The van der Waals surface area contributed by atoms with E-state index in [4.69, 9.17) is 0 Å². The van der Waals surface area contributed by atoms with Gasteiger partial charge < -0.3 is 0 Å². The molecule has 1 aromatic heterocycles. The van der Waals surface area contributed by atoms with Gasteiger partial charge >= 0.3 is 5.69 Å². The zero-order chi connectivity index (χ0) is 10.3. The highest BCUT2D eigenvalue weighted by Gasteiger charge is 2.20. The second kappa shape index (κ2) is 2.76. The third kappa shape index (κ3) is 1.12. The first kappa shape index (κ1) is 8.61. The number of aromatic nitrogens is 2. The maximum absolute atomic E-state index is 13.1. The molecule has 2 aromatic rings. The van der Waals surface area contributed by atoms with Crippen LogP contribution in [0.15, 0.2) is 18.3 Å². The van der Waals surface area contributed by atoms with Gasteiger partial charge in [-0.3, -0.25) is 14.8 Å². The molecule has 72 valence electrons. The van der Waals surface area contributed by atoms with Gasteiger partial charge in [0.1, 0.15) is 0 Å². The fraction of sp³-hybridized carbons (Fsp3) is 0.125. The van der Waals surface area contributed by atoms with E-state index in [2.05, 4.69) is 5.10 Å². The lowest BCUT2D eigenvalue weighted by molar-refractivity contribution is -0.385. The molecular formula is C8H6FN3O2. The molecule has 0 saturated heterocycles. The highest BCUT2D eigenvalue weighted by molar-refractivity contribution is 5.86. The van der Waals surface area contributed by atoms with Gasteiger partial charge in [0.05, 0.1) is 4.92 Å². The third-order valence-electron chi connectivity index (χ3n) is 1.90. The molecule has 0 atom stereocenters. The smallest absolute Gasteiger partial charge is 0.274 e. The van der Waals surface area contributed by atoms with E-state index < -0.39 is 16.4 Å². The van der Waals surface area contributed by atoms with Crippen LogP contribution in [-0.4, -0.2) is 14.7 Å². The molecule has 1 heterocycles. The summed E-state index contributed by atoms with van der Waals surface area (Å²) in [5.41, 5.74) is -0.486. The molecule has 0 aliphatic rings. The molecular weight excluding hydrogens is 189 g/mol. The lowest BCUT2D eigenvalue weighted by atomic mass is 10.2. The highest BCUT2D eigenvalue weighted by Crippen LogP contribution is 2.26. The number of aryl methyl sites for hydroxylation is 1. The van der Waals surface area contributed by atoms with Crippen molar-refractivity contribution in [1.29, 1.82) is 0 Å². The molecule has 0 saturated carbocycles. The monoisotopic (exact) mass is 195 g/mol. The van der Waals surface area contributed by atoms with Crippen molar-refractivity contribution >= 4 is 16.6 Å². The number of fused-ring (bicyclic) bond motifs is 1. The maximum atomic E-state index is 13.1. The Morgan fingerprint density at radius 1 is 1.57 bits per heavy atom. The van der Waals surface area contributed by atoms with Gasteiger partial charge in [-0.2, -0.15) is 9.49 Å². The van der Waals surface area contributed by atoms with Crippen molar-refractivity contribution < 1.29 is 9.31 Å². The first-order valence-corrected chi connectivity index (χ1v) is 3.86. The van der Waals surface area contributed by atoms with Gasteiger partial charge in [-0.05, 0) is 12.1 Å². The van der Waals surface area contributed by atoms with Crippen molar-refractivity contribution in [3.8, 4) is 0 Å². The van der Waals surface area contributed by atoms with Crippen molar-refractivity contribution in [1.82, 2.24) is 9.78 Å². The van der Waals surface area contributed by atoms with E-state index >= 15 is 0 Å². The van der Waals surface area contributed by atoms with Crippen LogP contribution in [0.2, 0.25) is 0 Å². The Bertz CT molecular complexity index is 521. The summed E-state index contributed by atoms with van der Waals surface area (Å²) in [6.45, 7) is 0. The molecule has 1 aromatic carbocycles. The topological polar surface area (TPSA) is 61.0 Å². The normalized spacial score (nSPS) is 10.7. The fourth-order valence-electron chi connectivity index (χ4n) is 1.34. The van der Waals surface area contributed by atoms with Crippen LogP contribution in [0.25, 0.3) is 10.9 Å². The maximum Gasteiger partial charge on any atom is 0.332 e. The standard InChI is InChI=1S/C8H6FN3O2/c1-11-4-5-2-3-6(9)8(12(13)14)7(5)10-11/h2-4H,1H3. The van der Waals surface area contributed by atoms with Crippen LogP contribution >= 0.6 is 0 Å². The Balaban J connectivity index is 2.88. The van der Waals surface area contributed by atoms with Crippen LogP contribution in [0.1, 0.15) is 0 Å². The molecule has 0 N–H and O–H groups in total. The first-order valence-electron chi connectivity index (χ1n) is 3.86. The average molecular weight is 195 g/mol. The van der Waals surface area contributed by atoms with Crippen LogP contribution < -0.4 is 0 Å². The average Bonchev–Trinajstić information content (AvgIpc) is 2.43. The largest absolute Gasteiger partial charge is 0.332 e. The lowest BCUT2D eigenvalue weighted by Crippen LogP contribution is -1.94. The van der Waals surface area contributed by atoms with Gasteiger partial charge in [-0.25, -0.2) is 0 Å². The molecule has 14 heavy (non-hydrogen) atoms. The Morgan fingerprint density at radius 3 is 2.93 bits per heavy atom. The Hall–Kier alpha value is -1.98. The Kier molecular flexibility index (Phi) is 1.70. The molecule has 0 bridgehead atoms. The second-order valence-corrected chi connectivity index (χ2v) is 2.89. The minimum absolute atomic E-state index is 0.0810. The van der Waals surface area contributed by atoms with Crippen LogP contribution in [0.3, 0.4) is 0 Å². The highest BCUT2D eigenvalue weighted by atomic mass is 19.1. The van der Waals surface area contributed by atoms with E-state index in [0.717, 1.165) is 6.07 Å². The van der Waals surface area contributed by atoms with E-state index in [9.17, 15) is 14.5 Å². The van der Waals surface area contributed by atoms with Crippen molar-refractivity contribution in [3.05, 3.63) is 34.3 Å². The van der Waals surface area contributed by atoms with Crippen LogP contribution in [0.5, 0.6) is 0 Å². The quantitative estimate of drug-likeness (QED) is 0.513. The number of halogens is 1. The minimum Gasteiger partial charge on any atom is -0.274 e. The first-order chi connectivity index (χ1) is 6.59. The van der Waals surface area contributed by atoms with Gasteiger partial charge in [0.25, 0.3) is 0 Å². The fourth-order valence-corrected chi connectivity index (χ4v) is 1.34. The molecule has 0 fully saturated rings. The third-order valence-corrected chi connectivity index (χ3v) is 1.90. The van der Waals surface area contributed by atoms with Crippen molar-refractivity contribution in [2.75, 3.05) is 0 Å². The molecule has 6 heteroatoms. The number of benzene rings is 1. The van der Waals surface area contributed by atoms with Crippen molar-refractivity contribution in [2.45, 2.75) is 0 Å². The summed E-state index contributed by atoms with van der Waals surface area (Å²) < 4.78 is 14.5. The summed E-state index contributed by atoms with van der Waals surface area (Å²) in [5.74, 6) is -0.860. The zero-order valence-corrected chi connectivity index (χ0v) is 7.27. The summed E-state index contributed by atoms with van der Waals surface area (Å²) in [7, 11) is 1.63. The zero-order valence-electron chi connectivity index (χ0n) is 7.27.